The standard InChI is InChI=1S/C19H15N3O.C2H6/c1-12-6-7-15(17(23)10-12)16-11-21-19(22-16)18-14-5-3-2-4-13(14)8-9-20-18;1-2/h2-10,23H,11H2,1H3;1-2H3. The number of hydrogen-bond acceptors (Lipinski definition) is 4. The first-order valence-corrected chi connectivity index (χ1v) is 8.48. The van der Waals surface area contributed by atoms with Gasteiger partial charge in [-0.1, -0.05) is 44.2 Å². The number of benzene rings is 2. The molecule has 1 N–H and O–H groups in total. The third-order valence-electron chi connectivity index (χ3n) is 3.97. The molecular weight excluding hydrogens is 310 g/mol. The number of rotatable bonds is 2. The second kappa shape index (κ2) is 7.26. The summed E-state index contributed by atoms with van der Waals surface area (Å²) in [7, 11) is 0. The summed E-state index contributed by atoms with van der Waals surface area (Å²) in [6, 6.07) is 15.6. The molecule has 0 bridgehead atoms. The van der Waals surface area contributed by atoms with E-state index in [1.54, 1.807) is 12.3 Å². The van der Waals surface area contributed by atoms with Crippen molar-refractivity contribution in [2.24, 2.45) is 9.98 Å². The molecule has 0 saturated heterocycles. The molecule has 0 spiro atoms. The minimum absolute atomic E-state index is 0.242. The molecule has 0 fully saturated rings. The molecule has 0 amide bonds. The summed E-state index contributed by atoms with van der Waals surface area (Å²) in [6.07, 6.45) is 1.77. The molecule has 0 aliphatic carbocycles. The highest BCUT2D eigenvalue weighted by atomic mass is 16.3. The Labute approximate surface area is 147 Å². The largest absolute Gasteiger partial charge is 0.507 e. The molecule has 4 nitrogen and oxygen atoms in total. The van der Waals surface area contributed by atoms with Crippen LogP contribution in [0.3, 0.4) is 0 Å². The van der Waals surface area contributed by atoms with Gasteiger partial charge in [-0.25, -0.2) is 4.99 Å². The van der Waals surface area contributed by atoms with Crippen molar-refractivity contribution in [2.75, 3.05) is 6.54 Å². The van der Waals surface area contributed by atoms with Gasteiger partial charge in [-0.3, -0.25) is 9.98 Å². The van der Waals surface area contributed by atoms with E-state index in [-0.39, 0.29) is 5.75 Å². The zero-order chi connectivity index (χ0) is 17.8. The van der Waals surface area contributed by atoms with Crippen LogP contribution in [0.25, 0.3) is 10.8 Å². The van der Waals surface area contributed by atoms with Crippen molar-refractivity contribution in [3.05, 3.63) is 71.5 Å². The number of nitrogens with zero attached hydrogens (tertiary/aromatic N) is 3. The molecule has 3 aromatic rings. The Bertz CT molecular complexity index is 969. The third-order valence-corrected chi connectivity index (χ3v) is 3.97. The lowest BCUT2D eigenvalue weighted by Gasteiger charge is -2.04. The van der Waals surface area contributed by atoms with E-state index in [1.807, 2.05) is 63.2 Å². The summed E-state index contributed by atoms with van der Waals surface area (Å²) in [5.74, 6) is 0.864. The van der Waals surface area contributed by atoms with Crippen LogP contribution >= 0.6 is 0 Å². The van der Waals surface area contributed by atoms with E-state index < -0.39 is 0 Å². The van der Waals surface area contributed by atoms with E-state index >= 15 is 0 Å². The number of aryl methyl sites for hydroxylation is 1. The molecule has 4 rings (SSSR count). The summed E-state index contributed by atoms with van der Waals surface area (Å²) in [6.45, 7) is 6.40. The van der Waals surface area contributed by atoms with Gasteiger partial charge in [-0.2, -0.15) is 0 Å². The monoisotopic (exact) mass is 331 g/mol. The number of phenols is 1. The Hall–Kier alpha value is -3.01. The van der Waals surface area contributed by atoms with Gasteiger partial charge in [0.1, 0.15) is 11.4 Å². The molecule has 0 radical (unpaired) electrons. The van der Waals surface area contributed by atoms with Gasteiger partial charge in [0, 0.05) is 17.1 Å². The van der Waals surface area contributed by atoms with E-state index in [0.29, 0.717) is 12.4 Å². The van der Waals surface area contributed by atoms with Crippen molar-refractivity contribution in [3.63, 3.8) is 0 Å². The molecule has 2 aromatic carbocycles. The van der Waals surface area contributed by atoms with Crippen molar-refractivity contribution in [2.45, 2.75) is 20.8 Å². The average Bonchev–Trinajstić information content (AvgIpc) is 3.12. The minimum atomic E-state index is 0.242. The molecule has 25 heavy (non-hydrogen) atoms. The van der Waals surface area contributed by atoms with Crippen LogP contribution in [0, 0.1) is 6.92 Å². The number of hydrogen-bond donors (Lipinski definition) is 1. The topological polar surface area (TPSA) is 57.8 Å². The SMILES string of the molecule is CC.Cc1ccc(C2=NC(c3nccc4ccccc34)=NC2)c(O)c1. The Morgan fingerprint density at radius 2 is 1.80 bits per heavy atom. The third kappa shape index (κ3) is 3.29. The van der Waals surface area contributed by atoms with Gasteiger partial charge in [0.25, 0.3) is 0 Å². The first kappa shape index (κ1) is 16.8. The van der Waals surface area contributed by atoms with E-state index in [1.165, 1.54) is 0 Å². The zero-order valence-corrected chi connectivity index (χ0v) is 14.7. The van der Waals surface area contributed by atoms with Gasteiger partial charge in [-0.05, 0) is 36.1 Å². The number of aliphatic imine (C=N–C) groups is 2. The van der Waals surface area contributed by atoms with Gasteiger partial charge in [0.05, 0.1) is 12.3 Å². The van der Waals surface area contributed by atoms with Gasteiger partial charge in [0.2, 0.25) is 0 Å². The highest BCUT2D eigenvalue weighted by molar-refractivity contribution is 6.20. The quantitative estimate of drug-likeness (QED) is 0.750. The molecule has 0 saturated carbocycles. The van der Waals surface area contributed by atoms with Crippen LogP contribution in [0.4, 0.5) is 0 Å². The summed E-state index contributed by atoms with van der Waals surface area (Å²) in [5.41, 5.74) is 3.30. The van der Waals surface area contributed by atoms with E-state index in [0.717, 1.165) is 33.3 Å². The lowest BCUT2D eigenvalue weighted by molar-refractivity contribution is 0.473. The first-order valence-electron chi connectivity index (χ1n) is 8.48. The number of fused-ring (bicyclic) bond motifs is 1. The molecule has 0 unspecified atom stereocenters. The fourth-order valence-corrected chi connectivity index (χ4v) is 2.81. The van der Waals surface area contributed by atoms with Gasteiger partial charge in [0.15, 0.2) is 5.84 Å². The number of phenolic OH excluding ortho intramolecular Hbond substituents is 1. The van der Waals surface area contributed by atoms with Crippen LogP contribution in [0.15, 0.2) is 64.7 Å². The van der Waals surface area contributed by atoms with Gasteiger partial charge >= 0.3 is 0 Å². The predicted molar refractivity (Wildman–Crippen MR) is 104 cm³/mol. The molecule has 126 valence electrons. The van der Waals surface area contributed by atoms with Crippen LogP contribution in [-0.2, 0) is 0 Å². The van der Waals surface area contributed by atoms with Crippen molar-refractivity contribution < 1.29 is 5.11 Å². The van der Waals surface area contributed by atoms with Crippen molar-refractivity contribution >= 4 is 22.3 Å². The lowest BCUT2D eigenvalue weighted by Crippen LogP contribution is -2.03. The minimum Gasteiger partial charge on any atom is -0.507 e. The second-order valence-electron chi connectivity index (χ2n) is 5.60. The van der Waals surface area contributed by atoms with Gasteiger partial charge in [-0.15, -0.1) is 0 Å². The molecule has 0 atom stereocenters. The van der Waals surface area contributed by atoms with Crippen LogP contribution in [-0.4, -0.2) is 28.2 Å². The number of aromatic hydroxyl groups is 1. The average molecular weight is 331 g/mol. The summed E-state index contributed by atoms with van der Waals surface area (Å²) < 4.78 is 0. The van der Waals surface area contributed by atoms with Crippen LogP contribution < -0.4 is 0 Å². The molecular formula is C21H21N3O. The Morgan fingerprint density at radius 1 is 1.00 bits per heavy atom. The van der Waals surface area contributed by atoms with Crippen LogP contribution in [0.1, 0.15) is 30.7 Å². The molecule has 1 aliphatic rings. The van der Waals surface area contributed by atoms with Gasteiger partial charge < -0.3 is 5.11 Å². The van der Waals surface area contributed by atoms with E-state index in [2.05, 4.69) is 15.0 Å². The fourth-order valence-electron chi connectivity index (χ4n) is 2.81. The van der Waals surface area contributed by atoms with Crippen molar-refractivity contribution in [3.8, 4) is 5.75 Å². The molecule has 1 aromatic heterocycles. The fraction of sp³-hybridized carbons (Fsp3) is 0.190. The number of aromatic nitrogens is 1. The lowest BCUT2D eigenvalue weighted by atomic mass is 10.1. The first-order chi connectivity index (χ1) is 12.2. The highest BCUT2D eigenvalue weighted by Crippen LogP contribution is 2.24. The van der Waals surface area contributed by atoms with Crippen LogP contribution in [0.5, 0.6) is 5.75 Å². The molecule has 1 aliphatic heterocycles. The maximum Gasteiger partial charge on any atom is 0.174 e. The normalized spacial score (nSPS) is 13.1. The Balaban J connectivity index is 0.000000880. The zero-order valence-electron chi connectivity index (χ0n) is 14.7. The van der Waals surface area contributed by atoms with Crippen molar-refractivity contribution in [1.29, 1.82) is 0 Å². The smallest absolute Gasteiger partial charge is 0.174 e. The van der Waals surface area contributed by atoms with Crippen LogP contribution in [0.2, 0.25) is 0 Å². The molecule has 2 heterocycles. The summed E-state index contributed by atoms with van der Waals surface area (Å²) in [5, 5.41) is 12.3. The molecule has 4 heteroatoms. The maximum atomic E-state index is 10.1. The summed E-state index contributed by atoms with van der Waals surface area (Å²) >= 11 is 0. The predicted octanol–water partition coefficient (Wildman–Crippen LogP) is 4.52. The maximum absolute atomic E-state index is 10.1. The van der Waals surface area contributed by atoms with Crippen molar-refractivity contribution in [1.82, 2.24) is 4.98 Å². The van der Waals surface area contributed by atoms with E-state index in [9.17, 15) is 5.11 Å². The number of amidine groups is 1. The Morgan fingerprint density at radius 3 is 2.60 bits per heavy atom. The highest BCUT2D eigenvalue weighted by Gasteiger charge is 2.18. The second-order valence-corrected chi connectivity index (χ2v) is 5.60. The van der Waals surface area contributed by atoms with E-state index in [4.69, 9.17) is 0 Å². The Kier molecular flexibility index (Phi) is 4.89. The summed E-state index contributed by atoms with van der Waals surface area (Å²) in [4.78, 5) is 13.6. The number of pyridine rings is 1.